The lowest BCUT2D eigenvalue weighted by Crippen LogP contribution is -2.42. The molecule has 0 bridgehead atoms. The lowest BCUT2D eigenvalue weighted by molar-refractivity contribution is -0.122. The Bertz CT molecular complexity index is 227. The van der Waals surface area contributed by atoms with E-state index in [0.29, 0.717) is 6.54 Å². The summed E-state index contributed by atoms with van der Waals surface area (Å²) >= 11 is 0. The Kier molecular flexibility index (Phi) is 5.13. The number of nitrogens with zero attached hydrogens (tertiary/aromatic N) is 2. The van der Waals surface area contributed by atoms with Crippen LogP contribution in [0.5, 0.6) is 0 Å². The van der Waals surface area contributed by atoms with E-state index < -0.39 is 5.60 Å². The summed E-state index contributed by atoms with van der Waals surface area (Å²) in [7, 11) is 1.74. The van der Waals surface area contributed by atoms with Gasteiger partial charge in [-0.1, -0.05) is 0 Å². The van der Waals surface area contributed by atoms with E-state index in [-0.39, 0.29) is 19.0 Å². The fourth-order valence-corrected chi connectivity index (χ4v) is 1.16. The third-order valence-corrected chi connectivity index (χ3v) is 1.43. The first-order valence-electron chi connectivity index (χ1n) is 4.40. The molecule has 0 aliphatic carbocycles. The van der Waals surface area contributed by atoms with E-state index in [1.807, 2.05) is 6.07 Å². The quantitative estimate of drug-likeness (QED) is 0.576. The van der Waals surface area contributed by atoms with E-state index >= 15 is 0 Å². The summed E-state index contributed by atoms with van der Waals surface area (Å²) in [5, 5.41) is 20.1. The van der Waals surface area contributed by atoms with Crippen molar-refractivity contribution in [3.63, 3.8) is 0 Å². The van der Waals surface area contributed by atoms with E-state index in [1.54, 1.807) is 25.8 Å². The minimum atomic E-state index is -0.815. The van der Waals surface area contributed by atoms with E-state index in [2.05, 4.69) is 5.32 Å². The van der Waals surface area contributed by atoms with Crippen molar-refractivity contribution in [1.82, 2.24) is 10.2 Å². The van der Waals surface area contributed by atoms with Gasteiger partial charge in [-0.05, 0) is 20.9 Å². The number of carbonyl (C=O) groups is 1. The molecule has 2 N–H and O–H groups in total. The van der Waals surface area contributed by atoms with Gasteiger partial charge in [0.2, 0.25) is 5.91 Å². The second kappa shape index (κ2) is 5.58. The lowest BCUT2D eigenvalue weighted by atomic mass is 10.1. The number of likely N-dealkylation sites (N-methyl/N-ethyl adjacent to an activating group) is 1. The molecule has 0 aliphatic heterocycles. The van der Waals surface area contributed by atoms with Crippen molar-refractivity contribution < 1.29 is 9.90 Å². The molecule has 0 aromatic rings. The van der Waals surface area contributed by atoms with E-state index in [9.17, 15) is 9.90 Å². The minimum absolute atomic E-state index is 0.0230. The van der Waals surface area contributed by atoms with E-state index in [4.69, 9.17) is 5.26 Å². The van der Waals surface area contributed by atoms with Crippen LogP contribution in [0.1, 0.15) is 13.8 Å². The summed E-state index contributed by atoms with van der Waals surface area (Å²) in [4.78, 5) is 12.8. The molecule has 0 fully saturated rings. The van der Waals surface area contributed by atoms with Crippen LogP contribution in [-0.4, -0.2) is 48.2 Å². The Morgan fingerprint density at radius 1 is 1.64 bits per heavy atom. The van der Waals surface area contributed by atoms with Gasteiger partial charge in [-0.25, -0.2) is 0 Å². The average Bonchev–Trinajstić information content (AvgIpc) is 1.96. The molecule has 0 heterocycles. The van der Waals surface area contributed by atoms with Crippen molar-refractivity contribution in [2.75, 3.05) is 26.7 Å². The standard InChI is InChI=1S/C9H17N3O2/c1-9(2,14)7-12(3)6-8(13)11-5-4-10/h14H,5-7H2,1-3H3,(H,11,13). The molecule has 0 aliphatic rings. The van der Waals surface area contributed by atoms with Crippen LogP contribution >= 0.6 is 0 Å². The fraction of sp³-hybridized carbons (Fsp3) is 0.778. The van der Waals surface area contributed by atoms with Crippen LogP contribution < -0.4 is 5.32 Å². The first kappa shape index (κ1) is 12.9. The molecule has 0 aromatic carbocycles. The van der Waals surface area contributed by atoms with Crippen molar-refractivity contribution >= 4 is 5.91 Å². The van der Waals surface area contributed by atoms with Crippen molar-refractivity contribution in [3.8, 4) is 6.07 Å². The van der Waals surface area contributed by atoms with Crippen LogP contribution in [-0.2, 0) is 4.79 Å². The molecule has 0 atom stereocenters. The van der Waals surface area contributed by atoms with Gasteiger partial charge in [0.05, 0.1) is 18.2 Å². The molecular formula is C9H17N3O2. The molecule has 80 valence electrons. The van der Waals surface area contributed by atoms with Crippen LogP contribution in [0.2, 0.25) is 0 Å². The Balaban J connectivity index is 3.78. The second-order valence-electron chi connectivity index (χ2n) is 3.92. The molecule has 0 unspecified atom stereocenters. The summed E-state index contributed by atoms with van der Waals surface area (Å²) in [5.41, 5.74) is -0.815. The van der Waals surface area contributed by atoms with Crippen LogP contribution in [0.25, 0.3) is 0 Å². The van der Waals surface area contributed by atoms with Crippen molar-refractivity contribution in [3.05, 3.63) is 0 Å². The monoisotopic (exact) mass is 199 g/mol. The third kappa shape index (κ3) is 7.53. The van der Waals surface area contributed by atoms with Crippen molar-refractivity contribution in [2.24, 2.45) is 0 Å². The van der Waals surface area contributed by atoms with Crippen LogP contribution in [0.3, 0.4) is 0 Å². The number of aliphatic hydroxyl groups is 1. The number of rotatable bonds is 5. The van der Waals surface area contributed by atoms with Gasteiger partial charge in [-0.2, -0.15) is 5.26 Å². The fourth-order valence-electron chi connectivity index (χ4n) is 1.16. The number of hydrogen-bond donors (Lipinski definition) is 2. The summed E-state index contributed by atoms with van der Waals surface area (Å²) in [6.07, 6.45) is 0. The van der Waals surface area contributed by atoms with Gasteiger partial charge in [-0.3, -0.25) is 9.69 Å². The molecule has 0 radical (unpaired) electrons. The minimum Gasteiger partial charge on any atom is -0.389 e. The SMILES string of the molecule is CN(CC(=O)NCC#N)CC(C)(C)O. The largest absolute Gasteiger partial charge is 0.389 e. The zero-order valence-electron chi connectivity index (χ0n) is 8.87. The van der Waals surface area contributed by atoms with E-state index in [0.717, 1.165) is 0 Å². The molecule has 0 rings (SSSR count). The summed E-state index contributed by atoms with van der Waals surface area (Å²) in [6, 6.07) is 1.82. The highest BCUT2D eigenvalue weighted by molar-refractivity contribution is 5.78. The van der Waals surface area contributed by atoms with Gasteiger partial charge in [-0.15, -0.1) is 0 Å². The molecular weight excluding hydrogens is 182 g/mol. The summed E-state index contributed by atoms with van der Waals surface area (Å²) in [5.74, 6) is -0.210. The Morgan fingerprint density at radius 2 is 2.21 bits per heavy atom. The maximum Gasteiger partial charge on any atom is 0.234 e. The van der Waals surface area contributed by atoms with Crippen LogP contribution in [0.15, 0.2) is 0 Å². The van der Waals surface area contributed by atoms with E-state index in [1.165, 1.54) is 0 Å². The lowest BCUT2D eigenvalue weighted by Gasteiger charge is -2.24. The smallest absolute Gasteiger partial charge is 0.234 e. The third-order valence-electron chi connectivity index (χ3n) is 1.43. The molecule has 0 aromatic heterocycles. The van der Waals surface area contributed by atoms with Crippen LogP contribution in [0.4, 0.5) is 0 Å². The predicted molar refractivity (Wildman–Crippen MR) is 52.4 cm³/mol. The van der Waals surface area contributed by atoms with Gasteiger partial charge in [0.15, 0.2) is 0 Å². The van der Waals surface area contributed by atoms with Crippen molar-refractivity contribution in [2.45, 2.75) is 19.4 Å². The summed E-state index contributed by atoms with van der Waals surface area (Å²) in [6.45, 7) is 3.97. The highest BCUT2D eigenvalue weighted by atomic mass is 16.3. The Labute approximate surface area is 84.3 Å². The maximum atomic E-state index is 11.1. The number of nitriles is 1. The number of carbonyl (C=O) groups excluding carboxylic acids is 1. The molecule has 5 nitrogen and oxygen atoms in total. The molecule has 1 amide bonds. The molecule has 0 spiro atoms. The zero-order chi connectivity index (χ0) is 11.2. The second-order valence-corrected chi connectivity index (χ2v) is 3.92. The molecule has 0 saturated carbocycles. The van der Waals surface area contributed by atoms with Gasteiger partial charge < -0.3 is 10.4 Å². The number of nitrogens with one attached hydrogen (secondary N) is 1. The molecule has 14 heavy (non-hydrogen) atoms. The highest BCUT2D eigenvalue weighted by Gasteiger charge is 2.16. The number of hydrogen-bond acceptors (Lipinski definition) is 4. The maximum absolute atomic E-state index is 11.1. The average molecular weight is 199 g/mol. The van der Waals surface area contributed by atoms with Crippen LogP contribution in [0, 0.1) is 11.3 Å². The van der Waals surface area contributed by atoms with Crippen molar-refractivity contribution in [1.29, 1.82) is 5.26 Å². The van der Waals surface area contributed by atoms with Gasteiger partial charge >= 0.3 is 0 Å². The number of amides is 1. The highest BCUT2D eigenvalue weighted by Crippen LogP contribution is 2.02. The first-order valence-corrected chi connectivity index (χ1v) is 4.40. The predicted octanol–water partition coefficient (Wildman–Crippen LogP) is -0.671. The summed E-state index contributed by atoms with van der Waals surface area (Å²) < 4.78 is 0. The van der Waals surface area contributed by atoms with Gasteiger partial charge in [0.25, 0.3) is 0 Å². The Hall–Kier alpha value is -1.12. The molecule has 5 heteroatoms. The Morgan fingerprint density at radius 3 is 2.64 bits per heavy atom. The van der Waals surface area contributed by atoms with Gasteiger partial charge in [0.1, 0.15) is 6.54 Å². The zero-order valence-corrected chi connectivity index (χ0v) is 8.87. The normalized spacial score (nSPS) is 11.1. The molecule has 0 saturated heterocycles. The topological polar surface area (TPSA) is 76.4 Å². The first-order chi connectivity index (χ1) is 6.35. The van der Waals surface area contributed by atoms with Gasteiger partial charge in [0, 0.05) is 6.54 Å².